The number of carbonyl (C=O) groups is 3. The molecule has 0 fully saturated rings. The monoisotopic (exact) mass is 422 g/mol. The lowest BCUT2D eigenvalue weighted by molar-refractivity contribution is -0.121. The zero-order valence-electron chi connectivity index (χ0n) is 13.7. The van der Waals surface area contributed by atoms with Crippen molar-refractivity contribution in [3.63, 3.8) is 0 Å². The molecule has 136 valence electrons. The minimum Gasteiger partial charge on any atom is -0.452 e. The maximum atomic E-state index is 13.3. The van der Waals surface area contributed by atoms with E-state index in [-0.39, 0.29) is 18.5 Å². The Bertz CT molecular complexity index is 814. The quantitative estimate of drug-likeness (QED) is 0.694. The molecular weight excluding hydrogens is 407 g/mol. The fourth-order valence-electron chi connectivity index (χ4n) is 2.16. The van der Waals surface area contributed by atoms with Crippen LogP contribution in [0.2, 0.25) is 0 Å². The number of benzene rings is 2. The fourth-order valence-corrected chi connectivity index (χ4v) is 2.57. The normalized spacial score (nSPS) is 10.2. The number of esters is 1. The van der Waals surface area contributed by atoms with E-state index >= 15 is 0 Å². The highest BCUT2D eigenvalue weighted by atomic mass is 79.9. The average molecular weight is 423 g/mol. The molecule has 2 N–H and O–H groups in total. The van der Waals surface area contributed by atoms with Crippen LogP contribution in [0.5, 0.6) is 0 Å². The molecule has 8 heteroatoms. The third-order valence-electron chi connectivity index (χ3n) is 3.43. The van der Waals surface area contributed by atoms with Crippen LogP contribution >= 0.6 is 15.9 Å². The molecule has 0 saturated heterocycles. The van der Waals surface area contributed by atoms with Gasteiger partial charge >= 0.3 is 5.97 Å². The van der Waals surface area contributed by atoms with Crippen LogP contribution in [0.15, 0.2) is 53.0 Å². The van der Waals surface area contributed by atoms with E-state index in [1.165, 1.54) is 17.0 Å². The van der Waals surface area contributed by atoms with Gasteiger partial charge in [0.1, 0.15) is 5.82 Å². The van der Waals surface area contributed by atoms with Crippen molar-refractivity contribution in [2.45, 2.75) is 6.42 Å². The summed E-state index contributed by atoms with van der Waals surface area (Å²) in [7, 11) is 0. The van der Waals surface area contributed by atoms with E-state index in [0.29, 0.717) is 10.2 Å². The number of nitrogens with two attached hydrogens (primary N) is 1. The molecule has 0 saturated carbocycles. The Morgan fingerprint density at radius 3 is 2.46 bits per heavy atom. The molecule has 2 amide bonds. The number of hydrogen-bond acceptors (Lipinski definition) is 4. The van der Waals surface area contributed by atoms with E-state index in [1.807, 2.05) is 0 Å². The SMILES string of the molecule is NC(=O)CCN(C(=O)COC(=O)c1cc(F)ccc1Br)c1ccccc1. The Labute approximate surface area is 157 Å². The Morgan fingerprint density at radius 2 is 1.81 bits per heavy atom. The summed E-state index contributed by atoms with van der Waals surface area (Å²) in [5, 5.41) is 0. The second kappa shape index (κ2) is 9.10. The topological polar surface area (TPSA) is 89.7 Å². The van der Waals surface area contributed by atoms with Gasteiger partial charge in [0.2, 0.25) is 5.91 Å². The van der Waals surface area contributed by atoms with Gasteiger partial charge in [0.15, 0.2) is 6.61 Å². The van der Waals surface area contributed by atoms with Gasteiger partial charge in [0.25, 0.3) is 5.91 Å². The van der Waals surface area contributed by atoms with Gasteiger partial charge in [-0.1, -0.05) is 18.2 Å². The number of primary amides is 1. The standard InChI is InChI=1S/C18H16BrFN2O4/c19-15-7-6-12(20)10-14(15)18(25)26-11-17(24)22(9-8-16(21)23)13-4-2-1-3-5-13/h1-7,10H,8-9,11H2,(H2,21,23). The smallest absolute Gasteiger partial charge is 0.339 e. The van der Waals surface area contributed by atoms with Crippen LogP contribution in [0.3, 0.4) is 0 Å². The van der Waals surface area contributed by atoms with Crippen LogP contribution in [0.25, 0.3) is 0 Å². The van der Waals surface area contributed by atoms with E-state index in [0.717, 1.165) is 6.07 Å². The highest BCUT2D eigenvalue weighted by Gasteiger charge is 2.20. The molecule has 0 unspecified atom stereocenters. The lowest BCUT2D eigenvalue weighted by atomic mass is 10.2. The number of nitrogens with zero attached hydrogens (tertiary/aromatic N) is 1. The molecule has 2 aromatic carbocycles. The van der Waals surface area contributed by atoms with Crippen molar-refractivity contribution in [2.24, 2.45) is 5.73 Å². The van der Waals surface area contributed by atoms with Crippen LogP contribution < -0.4 is 10.6 Å². The highest BCUT2D eigenvalue weighted by Crippen LogP contribution is 2.19. The summed E-state index contributed by atoms with van der Waals surface area (Å²) in [4.78, 5) is 36.9. The van der Waals surface area contributed by atoms with Crippen molar-refractivity contribution in [3.8, 4) is 0 Å². The average Bonchev–Trinajstić information content (AvgIpc) is 2.62. The molecule has 0 aromatic heterocycles. The van der Waals surface area contributed by atoms with Crippen molar-refractivity contribution < 1.29 is 23.5 Å². The number of ether oxygens (including phenoxy) is 1. The summed E-state index contributed by atoms with van der Waals surface area (Å²) < 4.78 is 18.6. The van der Waals surface area contributed by atoms with Gasteiger partial charge < -0.3 is 15.4 Å². The molecular formula is C18H16BrFN2O4. The second-order valence-electron chi connectivity index (χ2n) is 5.30. The molecule has 6 nitrogen and oxygen atoms in total. The maximum absolute atomic E-state index is 13.3. The third kappa shape index (κ3) is 5.38. The number of amides is 2. The molecule has 0 bridgehead atoms. The summed E-state index contributed by atoms with van der Waals surface area (Å²) in [6.07, 6.45) is -0.0377. The van der Waals surface area contributed by atoms with Crippen molar-refractivity contribution in [1.29, 1.82) is 0 Å². The largest absolute Gasteiger partial charge is 0.452 e. The minimum atomic E-state index is -0.840. The Kier molecular flexibility index (Phi) is 6.85. The van der Waals surface area contributed by atoms with Gasteiger partial charge in [-0.25, -0.2) is 9.18 Å². The molecule has 0 aliphatic rings. The fraction of sp³-hybridized carbons (Fsp3) is 0.167. The van der Waals surface area contributed by atoms with Gasteiger partial charge in [-0.05, 0) is 46.3 Å². The van der Waals surface area contributed by atoms with Crippen LogP contribution in [-0.2, 0) is 14.3 Å². The Morgan fingerprint density at radius 1 is 1.12 bits per heavy atom. The predicted octanol–water partition coefficient (Wildman–Crippen LogP) is 2.65. The van der Waals surface area contributed by atoms with Crippen LogP contribution in [-0.4, -0.2) is 30.9 Å². The van der Waals surface area contributed by atoms with E-state index in [1.54, 1.807) is 30.3 Å². The zero-order valence-corrected chi connectivity index (χ0v) is 15.2. The molecule has 0 aliphatic carbocycles. The Balaban J connectivity index is 2.07. The van der Waals surface area contributed by atoms with Crippen LogP contribution in [0, 0.1) is 5.82 Å². The summed E-state index contributed by atoms with van der Waals surface area (Å²) >= 11 is 3.13. The third-order valence-corrected chi connectivity index (χ3v) is 4.12. The van der Waals surface area contributed by atoms with Crippen LogP contribution in [0.1, 0.15) is 16.8 Å². The van der Waals surface area contributed by atoms with E-state index in [2.05, 4.69) is 15.9 Å². The molecule has 2 aromatic rings. The summed E-state index contributed by atoms with van der Waals surface area (Å²) in [6.45, 7) is -0.505. The number of halogens is 2. The maximum Gasteiger partial charge on any atom is 0.339 e. The summed E-state index contributed by atoms with van der Waals surface area (Å²) in [5.41, 5.74) is 5.66. The van der Waals surface area contributed by atoms with Gasteiger partial charge in [-0.3, -0.25) is 9.59 Å². The molecule has 2 rings (SSSR count). The van der Waals surface area contributed by atoms with Crippen LogP contribution in [0.4, 0.5) is 10.1 Å². The molecule has 0 radical (unpaired) electrons. The van der Waals surface area contributed by atoms with E-state index in [4.69, 9.17) is 10.5 Å². The first-order valence-electron chi connectivity index (χ1n) is 7.64. The lowest BCUT2D eigenvalue weighted by Gasteiger charge is -2.22. The second-order valence-corrected chi connectivity index (χ2v) is 6.15. The zero-order chi connectivity index (χ0) is 19.1. The van der Waals surface area contributed by atoms with Crippen molar-refractivity contribution in [3.05, 3.63) is 64.4 Å². The van der Waals surface area contributed by atoms with Gasteiger partial charge in [0.05, 0.1) is 5.56 Å². The molecule has 0 heterocycles. The van der Waals surface area contributed by atoms with Gasteiger partial charge in [-0.2, -0.15) is 0 Å². The number of para-hydroxylation sites is 1. The Hall–Kier alpha value is -2.74. The molecule has 26 heavy (non-hydrogen) atoms. The first-order valence-corrected chi connectivity index (χ1v) is 8.43. The molecule has 0 atom stereocenters. The summed E-state index contributed by atoms with van der Waals surface area (Å²) in [6, 6.07) is 12.2. The number of carbonyl (C=O) groups excluding carboxylic acids is 3. The summed E-state index contributed by atoms with van der Waals surface area (Å²) in [5.74, 6) is -2.52. The van der Waals surface area contributed by atoms with Gasteiger partial charge in [0, 0.05) is 23.1 Å². The van der Waals surface area contributed by atoms with Crippen molar-refractivity contribution in [2.75, 3.05) is 18.1 Å². The highest BCUT2D eigenvalue weighted by molar-refractivity contribution is 9.10. The first-order chi connectivity index (χ1) is 12.4. The number of hydrogen-bond donors (Lipinski definition) is 1. The van der Waals surface area contributed by atoms with E-state index < -0.39 is 30.2 Å². The predicted molar refractivity (Wildman–Crippen MR) is 97.0 cm³/mol. The number of anilines is 1. The number of rotatable bonds is 7. The lowest BCUT2D eigenvalue weighted by Crippen LogP contribution is -2.37. The van der Waals surface area contributed by atoms with Gasteiger partial charge in [-0.15, -0.1) is 0 Å². The van der Waals surface area contributed by atoms with E-state index in [9.17, 15) is 18.8 Å². The first kappa shape index (κ1) is 19.6. The minimum absolute atomic E-state index is 0.0267. The van der Waals surface area contributed by atoms with Crippen molar-refractivity contribution >= 4 is 39.4 Å². The molecule has 0 spiro atoms. The molecule has 0 aliphatic heterocycles. The van der Waals surface area contributed by atoms with Crippen molar-refractivity contribution in [1.82, 2.24) is 0 Å².